The molecule has 2 aliphatic rings. The van der Waals surface area contributed by atoms with E-state index in [4.69, 9.17) is 9.47 Å². The molecule has 7 heteroatoms. The van der Waals surface area contributed by atoms with Gasteiger partial charge in [0.15, 0.2) is 11.5 Å². The molecule has 1 saturated carbocycles. The fraction of sp³-hybridized carbons (Fsp3) is 0.652. The normalized spacial score (nSPS) is 19.8. The van der Waals surface area contributed by atoms with Gasteiger partial charge in [-0.1, -0.05) is 25.3 Å². The fourth-order valence-corrected chi connectivity index (χ4v) is 4.40. The quantitative estimate of drug-likeness (QED) is 0.714. The van der Waals surface area contributed by atoms with Crippen LogP contribution in [0.4, 0.5) is 4.79 Å². The van der Waals surface area contributed by atoms with Crippen LogP contribution in [0.2, 0.25) is 0 Å². The minimum Gasteiger partial charge on any atom is -0.493 e. The third-order valence-corrected chi connectivity index (χ3v) is 6.17. The van der Waals surface area contributed by atoms with Crippen LogP contribution >= 0.6 is 0 Å². The van der Waals surface area contributed by atoms with E-state index < -0.39 is 0 Å². The van der Waals surface area contributed by atoms with E-state index in [9.17, 15) is 9.59 Å². The SMILES string of the molecule is COc1ccc(CCNC(=O)[C@H]2CCCN(C(=O)NC3CCCCC3)C2)cc1OC. The van der Waals surface area contributed by atoms with E-state index >= 15 is 0 Å². The predicted molar refractivity (Wildman–Crippen MR) is 116 cm³/mol. The van der Waals surface area contributed by atoms with E-state index in [-0.39, 0.29) is 17.9 Å². The summed E-state index contributed by atoms with van der Waals surface area (Å²) < 4.78 is 10.6. The van der Waals surface area contributed by atoms with Gasteiger partial charge in [-0.05, 0) is 49.8 Å². The highest BCUT2D eigenvalue weighted by atomic mass is 16.5. The molecule has 1 aromatic carbocycles. The number of nitrogens with one attached hydrogen (secondary N) is 2. The maximum atomic E-state index is 12.7. The highest BCUT2D eigenvalue weighted by Gasteiger charge is 2.29. The molecule has 1 aliphatic carbocycles. The molecule has 1 aromatic rings. The van der Waals surface area contributed by atoms with Crippen LogP contribution in [0.25, 0.3) is 0 Å². The summed E-state index contributed by atoms with van der Waals surface area (Å²) in [4.78, 5) is 27.1. The summed E-state index contributed by atoms with van der Waals surface area (Å²) in [5.41, 5.74) is 1.07. The number of hydrogen-bond acceptors (Lipinski definition) is 4. The summed E-state index contributed by atoms with van der Waals surface area (Å²) in [7, 11) is 3.23. The largest absolute Gasteiger partial charge is 0.493 e. The molecular weight excluding hydrogens is 382 g/mol. The first-order valence-corrected chi connectivity index (χ1v) is 11.1. The summed E-state index contributed by atoms with van der Waals surface area (Å²) in [6.45, 7) is 1.79. The van der Waals surface area contributed by atoms with Gasteiger partial charge in [0.05, 0.1) is 20.1 Å². The van der Waals surface area contributed by atoms with Crippen LogP contribution in [-0.4, -0.2) is 56.7 Å². The molecular formula is C23H35N3O4. The summed E-state index contributed by atoms with van der Waals surface area (Å²) in [6.07, 6.45) is 8.19. The van der Waals surface area contributed by atoms with E-state index in [0.717, 1.165) is 37.8 Å². The van der Waals surface area contributed by atoms with Crippen molar-refractivity contribution in [2.45, 2.75) is 57.4 Å². The Kier molecular flexibility index (Phi) is 8.22. The molecule has 0 bridgehead atoms. The Hall–Kier alpha value is -2.44. The molecule has 0 aromatic heterocycles. The van der Waals surface area contributed by atoms with Crippen LogP contribution < -0.4 is 20.1 Å². The van der Waals surface area contributed by atoms with Gasteiger partial charge in [0.1, 0.15) is 0 Å². The van der Waals surface area contributed by atoms with Crippen molar-refractivity contribution in [2.75, 3.05) is 33.9 Å². The molecule has 1 atom stereocenters. The highest BCUT2D eigenvalue weighted by molar-refractivity contribution is 5.81. The molecule has 30 heavy (non-hydrogen) atoms. The van der Waals surface area contributed by atoms with Gasteiger partial charge in [-0.15, -0.1) is 0 Å². The van der Waals surface area contributed by atoms with Gasteiger partial charge >= 0.3 is 6.03 Å². The zero-order valence-corrected chi connectivity index (χ0v) is 18.2. The minimum absolute atomic E-state index is 0.00951. The Morgan fingerprint density at radius 2 is 1.80 bits per heavy atom. The summed E-state index contributed by atoms with van der Waals surface area (Å²) >= 11 is 0. The van der Waals surface area contributed by atoms with Crippen molar-refractivity contribution >= 4 is 11.9 Å². The van der Waals surface area contributed by atoms with Crippen LogP contribution in [0, 0.1) is 5.92 Å². The van der Waals surface area contributed by atoms with E-state index in [1.165, 1.54) is 19.3 Å². The molecule has 3 rings (SSSR count). The van der Waals surface area contributed by atoms with Gasteiger partial charge in [0.2, 0.25) is 5.91 Å². The van der Waals surface area contributed by atoms with Crippen molar-refractivity contribution in [2.24, 2.45) is 5.92 Å². The van der Waals surface area contributed by atoms with Crippen LogP contribution in [0.15, 0.2) is 18.2 Å². The summed E-state index contributed by atoms with van der Waals surface area (Å²) in [5.74, 6) is 1.28. The monoisotopic (exact) mass is 417 g/mol. The Morgan fingerprint density at radius 3 is 2.53 bits per heavy atom. The van der Waals surface area contributed by atoms with Gasteiger partial charge in [-0.2, -0.15) is 0 Å². The first kappa shape index (κ1) is 22.2. The van der Waals surface area contributed by atoms with Crippen LogP contribution in [0.5, 0.6) is 11.5 Å². The number of methoxy groups -OCH3 is 2. The number of carbonyl (C=O) groups is 2. The van der Waals surface area contributed by atoms with E-state index in [2.05, 4.69) is 10.6 Å². The van der Waals surface area contributed by atoms with Crippen molar-refractivity contribution in [1.82, 2.24) is 15.5 Å². The van der Waals surface area contributed by atoms with Crippen molar-refractivity contribution in [1.29, 1.82) is 0 Å². The second-order valence-corrected chi connectivity index (χ2v) is 8.30. The zero-order chi connectivity index (χ0) is 21.3. The van der Waals surface area contributed by atoms with Gasteiger partial charge in [-0.25, -0.2) is 4.79 Å². The number of amides is 3. The van der Waals surface area contributed by atoms with Crippen molar-refractivity contribution in [3.8, 4) is 11.5 Å². The maximum Gasteiger partial charge on any atom is 0.317 e. The average Bonchev–Trinajstić information content (AvgIpc) is 2.79. The third-order valence-electron chi connectivity index (χ3n) is 6.17. The second kappa shape index (κ2) is 11.1. The number of carbonyl (C=O) groups excluding carboxylic acids is 2. The smallest absolute Gasteiger partial charge is 0.317 e. The van der Waals surface area contributed by atoms with Crippen LogP contribution in [0.3, 0.4) is 0 Å². The lowest BCUT2D eigenvalue weighted by Crippen LogP contribution is -2.51. The van der Waals surface area contributed by atoms with Crippen molar-refractivity contribution < 1.29 is 19.1 Å². The van der Waals surface area contributed by atoms with Gasteiger partial charge < -0.3 is 25.0 Å². The first-order chi connectivity index (χ1) is 14.6. The summed E-state index contributed by atoms with van der Waals surface area (Å²) in [6, 6.07) is 6.07. The molecule has 1 aliphatic heterocycles. The highest BCUT2D eigenvalue weighted by Crippen LogP contribution is 2.27. The maximum absolute atomic E-state index is 12.7. The number of ether oxygens (including phenoxy) is 2. The molecule has 0 radical (unpaired) electrons. The first-order valence-electron chi connectivity index (χ1n) is 11.1. The molecule has 3 amide bonds. The number of urea groups is 1. The average molecular weight is 418 g/mol. The number of piperidine rings is 1. The number of hydrogen-bond donors (Lipinski definition) is 2. The lowest BCUT2D eigenvalue weighted by Gasteiger charge is -2.34. The molecule has 0 spiro atoms. The van der Waals surface area contributed by atoms with E-state index in [0.29, 0.717) is 37.1 Å². The van der Waals surface area contributed by atoms with Crippen molar-refractivity contribution in [3.05, 3.63) is 23.8 Å². The molecule has 7 nitrogen and oxygen atoms in total. The molecule has 166 valence electrons. The fourth-order valence-electron chi connectivity index (χ4n) is 4.40. The number of rotatable bonds is 7. The molecule has 1 heterocycles. The second-order valence-electron chi connectivity index (χ2n) is 8.30. The van der Waals surface area contributed by atoms with Crippen molar-refractivity contribution in [3.63, 3.8) is 0 Å². The molecule has 2 fully saturated rings. The third kappa shape index (κ3) is 6.03. The molecule has 2 N–H and O–H groups in total. The summed E-state index contributed by atoms with van der Waals surface area (Å²) in [5, 5.41) is 6.20. The Bertz CT molecular complexity index is 718. The standard InChI is InChI=1S/C23H35N3O4/c1-29-20-11-10-17(15-21(20)30-2)12-13-24-22(27)18-7-6-14-26(16-18)23(28)25-19-8-4-3-5-9-19/h10-11,15,18-19H,3-9,12-14,16H2,1-2H3,(H,24,27)(H,25,28)/t18-/m0/s1. The predicted octanol–water partition coefficient (Wildman–Crippen LogP) is 3.12. The van der Waals surface area contributed by atoms with Crippen LogP contribution in [0.1, 0.15) is 50.5 Å². The van der Waals surface area contributed by atoms with E-state index in [1.807, 2.05) is 23.1 Å². The minimum atomic E-state index is -0.138. The van der Waals surface area contributed by atoms with Gasteiger partial charge in [0.25, 0.3) is 0 Å². The molecule has 0 unspecified atom stereocenters. The van der Waals surface area contributed by atoms with Gasteiger partial charge in [-0.3, -0.25) is 4.79 Å². The Labute approximate surface area is 179 Å². The lowest BCUT2D eigenvalue weighted by molar-refractivity contribution is -0.126. The zero-order valence-electron chi connectivity index (χ0n) is 18.2. The number of likely N-dealkylation sites (tertiary alicyclic amines) is 1. The van der Waals surface area contributed by atoms with Crippen LogP contribution in [-0.2, 0) is 11.2 Å². The van der Waals surface area contributed by atoms with E-state index in [1.54, 1.807) is 14.2 Å². The lowest BCUT2D eigenvalue weighted by atomic mass is 9.95. The number of nitrogens with zero attached hydrogens (tertiary/aromatic N) is 1. The number of benzene rings is 1. The topological polar surface area (TPSA) is 79.9 Å². The Morgan fingerprint density at radius 1 is 1.03 bits per heavy atom. The molecule has 1 saturated heterocycles. The Balaban J connectivity index is 1.44. The van der Waals surface area contributed by atoms with Gasteiger partial charge in [0, 0.05) is 25.7 Å².